The van der Waals surface area contributed by atoms with Gasteiger partial charge in [-0.15, -0.1) is 0 Å². The first-order valence-electron chi connectivity index (χ1n) is 6.14. The molecule has 0 saturated carbocycles. The summed E-state index contributed by atoms with van der Waals surface area (Å²) in [6.45, 7) is 1.83. The summed E-state index contributed by atoms with van der Waals surface area (Å²) in [6, 6.07) is 12.5. The van der Waals surface area contributed by atoms with Gasteiger partial charge in [0.25, 0.3) is 0 Å². The molecule has 3 nitrogen and oxygen atoms in total. The molecule has 0 bridgehead atoms. The van der Waals surface area contributed by atoms with Crippen molar-refractivity contribution in [3.63, 3.8) is 0 Å². The van der Waals surface area contributed by atoms with Gasteiger partial charge in [-0.2, -0.15) is 0 Å². The molecular formula is C15H14FN3. The molecule has 0 amide bonds. The fraction of sp³-hybridized carbons (Fsp3) is 0.133. The number of hydrogen-bond donors (Lipinski definition) is 1. The fourth-order valence-electron chi connectivity index (χ4n) is 2.15. The molecule has 2 aromatic carbocycles. The van der Waals surface area contributed by atoms with Crippen LogP contribution < -0.4 is 5.73 Å². The number of aromatic nitrogens is 2. The first-order chi connectivity index (χ1) is 9.16. The third-order valence-corrected chi connectivity index (χ3v) is 3.21. The van der Waals surface area contributed by atoms with Crippen LogP contribution in [0.4, 0.5) is 4.39 Å². The minimum atomic E-state index is -0.294. The number of hydrogen-bond acceptors (Lipinski definition) is 2. The van der Waals surface area contributed by atoms with Gasteiger partial charge in [-0.25, -0.2) is 9.37 Å². The average Bonchev–Trinajstić information content (AvgIpc) is 2.82. The number of imidazole rings is 1. The van der Waals surface area contributed by atoms with Crippen molar-refractivity contribution >= 4 is 11.0 Å². The Kier molecular flexibility index (Phi) is 2.80. The van der Waals surface area contributed by atoms with Crippen molar-refractivity contribution in [2.75, 3.05) is 0 Å². The lowest BCUT2D eigenvalue weighted by Crippen LogP contribution is -2.06. The van der Waals surface area contributed by atoms with Gasteiger partial charge in [0, 0.05) is 6.04 Å². The van der Waals surface area contributed by atoms with E-state index < -0.39 is 0 Å². The highest BCUT2D eigenvalue weighted by Crippen LogP contribution is 2.22. The Morgan fingerprint density at radius 2 is 2.00 bits per heavy atom. The second kappa shape index (κ2) is 4.48. The van der Waals surface area contributed by atoms with Gasteiger partial charge in [0.05, 0.1) is 16.7 Å². The first kappa shape index (κ1) is 11.9. The van der Waals surface area contributed by atoms with Crippen LogP contribution in [-0.4, -0.2) is 9.55 Å². The van der Waals surface area contributed by atoms with Crippen LogP contribution in [0.5, 0.6) is 0 Å². The maximum atomic E-state index is 14.2. The van der Waals surface area contributed by atoms with E-state index in [0.29, 0.717) is 5.69 Å². The molecule has 2 N–H and O–H groups in total. The predicted octanol–water partition coefficient (Wildman–Crippen LogP) is 3.18. The number of nitrogens with two attached hydrogens (primary N) is 1. The van der Waals surface area contributed by atoms with Crippen LogP contribution in [0.1, 0.15) is 18.5 Å². The normalized spacial score (nSPS) is 12.8. The third-order valence-electron chi connectivity index (χ3n) is 3.21. The van der Waals surface area contributed by atoms with Gasteiger partial charge in [-0.1, -0.05) is 18.2 Å². The van der Waals surface area contributed by atoms with Gasteiger partial charge in [-0.05, 0) is 36.8 Å². The van der Waals surface area contributed by atoms with Crippen molar-refractivity contribution in [2.24, 2.45) is 5.73 Å². The van der Waals surface area contributed by atoms with Gasteiger partial charge in [0.1, 0.15) is 12.1 Å². The van der Waals surface area contributed by atoms with Gasteiger partial charge in [0.2, 0.25) is 0 Å². The summed E-state index contributed by atoms with van der Waals surface area (Å²) in [5, 5.41) is 0. The molecule has 3 rings (SSSR count). The maximum Gasteiger partial charge on any atom is 0.147 e. The summed E-state index contributed by atoms with van der Waals surface area (Å²) < 4.78 is 15.9. The first-order valence-corrected chi connectivity index (χ1v) is 6.14. The minimum absolute atomic E-state index is 0.178. The summed E-state index contributed by atoms with van der Waals surface area (Å²) in [5.74, 6) is -0.294. The standard InChI is InChI=1S/C15H14FN3/c1-10(17)11-6-7-14(12(16)8-11)19-9-18-13-4-2-3-5-15(13)19/h2-10H,17H2,1H3. The van der Waals surface area contributed by atoms with Crippen LogP contribution >= 0.6 is 0 Å². The van der Waals surface area contributed by atoms with Crippen molar-refractivity contribution in [3.8, 4) is 5.69 Å². The number of rotatable bonds is 2. The molecule has 1 atom stereocenters. The molecule has 0 fully saturated rings. The van der Waals surface area contributed by atoms with Gasteiger partial charge >= 0.3 is 0 Å². The molecule has 96 valence electrons. The second-order valence-corrected chi connectivity index (χ2v) is 4.60. The molecule has 0 radical (unpaired) electrons. The van der Waals surface area contributed by atoms with Crippen LogP contribution in [-0.2, 0) is 0 Å². The lowest BCUT2D eigenvalue weighted by Gasteiger charge is -2.10. The van der Waals surface area contributed by atoms with E-state index in [2.05, 4.69) is 4.98 Å². The van der Waals surface area contributed by atoms with E-state index in [-0.39, 0.29) is 11.9 Å². The van der Waals surface area contributed by atoms with E-state index >= 15 is 0 Å². The third kappa shape index (κ3) is 2.00. The highest BCUT2D eigenvalue weighted by molar-refractivity contribution is 5.77. The van der Waals surface area contributed by atoms with Crippen molar-refractivity contribution in [1.82, 2.24) is 9.55 Å². The summed E-state index contributed by atoms with van der Waals surface area (Å²) in [6.07, 6.45) is 1.63. The molecule has 4 heteroatoms. The molecule has 1 aromatic heterocycles. The van der Waals surface area contributed by atoms with E-state index in [1.165, 1.54) is 6.07 Å². The largest absolute Gasteiger partial charge is 0.324 e. The van der Waals surface area contributed by atoms with Crippen molar-refractivity contribution in [1.29, 1.82) is 0 Å². The summed E-state index contributed by atoms with van der Waals surface area (Å²) >= 11 is 0. The van der Waals surface area contributed by atoms with Crippen LogP contribution in [0, 0.1) is 5.82 Å². The average molecular weight is 255 g/mol. The zero-order valence-corrected chi connectivity index (χ0v) is 10.5. The highest BCUT2D eigenvalue weighted by atomic mass is 19.1. The van der Waals surface area contributed by atoms with E-state index in [0.717, 1.165) is 16.6 Å². The van der Waals surface area contributed by atoms with E-state index in [1.54, 1.807) is 17.0 Å². The van der Waals surface area contributed by atoms with Crippen molar-refractivity contribution in [2.45, 2.75) is 13.0 Å². The van der Waals surface area contributed by atoms with Crippen LogP contribution in [0.25, 0.3) is 16.7 Å². The summed E-state index contributed by atoms with van der Waals surface area (Å²) in [5.41, 5.74) is 8.75. The summed E-state index contributed by atoms with van der Waals surface area (Å²) in [7, 11) is 0. The minimum Gasteiger partial charge on any atom is -0.324 e. The number of halogens is 1. The van der Waals surface area contributed by atoms with Gasteiger partial charge in [0.15, 0.2) is 0 Å². The van der Waals surface area contributed by atoms with Crippen LogP contribution in [0.2, 0.25) is 0 Å². The van der Waals surface area contributed by atoms with Crippen LogP contribution in [0.3, 0.4) is 0 Å². The quantitative estimate of drug-likeness (QED) is 0.764. The number of benzene rings is 2. The number of para-hydroxylation sites is 2. The zero-order chi connectivity index (χ0) is 13.4. The lowest BCUT2D eigenvalue weighted by atomic mass is 10.1. The molecule has 19 heavy (non-hydrogen) atoms. The molecule has 0 saturated heterocycles. The van der Waals surface area contributed by atoms with E-state index in [4.69, 9.17) is 5.73 Å². The highest BCUT2D eigenvalue weighted by Gasteiger charge is 2.10. The zero-order valence-electron chi connectivity index (χ0n) is 10.5. The van der Waals surface area contributed by atoms with Gasteiger partial charge in [-0.3, -0.25) is 4.57 Å². The van der Waals surface area contributed by atoms with Gasteiger partial charge < -0.3 is 5.73 Å². The monoisotopic (exact) mass is 255 g/mol. The molecule has 1 heterocycles. The fourth-order valence-corrected chi connectivity index (χ4v) is 2.15. The molecule has 3 aromatic rings. The molecule has 0 spiro atoms. The Labute approximate surface area is 110 Å². The maximum absolute atomic E-state index is 14.2. The van der Waals surface area contributed by atoms with Crippen molar-refractivity contribution < 1.29 is 4.39 Å². The lowest BCUT2D eigenvalue weighted by molar-refractivity contribution is 0.614. The Hall–Kier alpha value is -2.20. The number of nitrogens with zero attached hydrogens (tertiary/aromatic N) is 2. The molecule has 0 aliphatic heterocycles. The molecule has 0 aliphatic carbocycles. The summed E-state index contributed by atoms with van der Waals surface area (Å²) in [4.78, 5) is 4.27. The van der Waals surface area contributed by atoms with E-state index in [9.17, 15) is 4.39 Å². The Bertz CT molecular complexity index is 731. The second-order valence-electron chi connectivity index (χ2n) is 4.60. The molecule has 0 aliphatic rings. The predicted molar refractivity (Wildman–Crippen MR) is 73.6 cm³/mol. The number of fused-ring (bicyclic) bond motifs is 1. The SMILES string of the molecule is CC(N)c1ccc(-n2cnc3ccccc32)c(F)c1. The Morgan fingerprint density at radius 3 is 2.74 bits per heavy atom. The smallest absolute Gasteiger partial charge is 0.147 e. The molecular weight excluding hydrogens is 241 g/mol. The van der Waals surface area contributed by atoms with Crippen LogP contribution in [0.15, 0.2) is 48.8 Å². The topological polar surface area (TPSA) is 43.8 Å². The van der Waals surface area contributed by atoms with E-state index in [1.807, 2.05) is 37.3 Å². The van der Waals surface area contributed by atoms with Crippen molar-refractivity contribution in [3.05, 3.63) is 60.2 Å². The Balaban J connectivity index is 2.17. The molecule has 1 unspecified atom stereocenters. The Morgan fingerprint density at radius 1 is 1.21 bits per heavy atom.